The topological polar surface area (TPSA) is 44.1 Å². The average molecular weight is 717 g/mol. The minimum Gasteiger partial charge on any atom is -0.458 e. The highest BCUT2D eigenvalue weighted by Gasteiger charge is 2.28. The molecule has 0 saturated carbocycles. The molecule has 0 atom stereocenters. The van der Waals surface area contributed by atoms with E-state index in [4.69, 9.17) is 13.8 Å². The van der Waals surface area contributed by atoms with Crippen molar-refractivity contribution in [2.24, 2.45) is 0 Å². The van der Waals surface area contributed by atoms with Crippen LogP contribution in [-0.4, -0.2) is 9.55 Å². The molecular weight excluding hydrogens is 673 g/mol. The van der Waals surface area contributed by atoms with E-state index in [-0.39, 0.29) is 17.3 Å². The van der Waals surface area contributed by atoms with Crippen LogP contribution in [0, 0.1) is 0 Å². The number of aromatic nitrogens is 2. The maximum atomic E-state index is 6.97. The molecule has 10 rings (SSSR count). The van der Waals surface area contributed by atoms with Gasteiger partial charge in [0.2, 0.25) is 0 Å². The minimum absolute atomic E-state index is 0.155. The molecule has 0 radical (unpaired) electrons. The highest BCUT2D eigenvalue weighted by Crippen LogP contribution is 2.45. The van der Waals surface area contributed by atoms with E-state index in [0.717, 1.165) is 66.8 Å². The van der Waals surface area contributed by atoms with Gasteiger partial charge in [0.15, 0.2) is 5.58 Å². The molecule has 0 saturated heterocycles. The van der Waals surface area contributed by atoms with Gasteiger partial charge in [-0.05, 0) is 104 Å². The number of nitrogens with zero attached hydrogens (tertiary/aromatic N) is 2. The predicted molar refractivity (Wildman–Crippen MR) is 231 cm³/mol. The Morgan fingerprint density at radius 2 is 1.24 bits per heavy atom. The van der Waals surface area contributed by atoms with Gasteiger partial charge in [-0.15, -0.1) is 0 Å². The molecule has 4 nitrogen and oxygen atoms in total. The maximum Gasteiger partial charge on any atom is 0.160 e. The fraction of sp³-hybridized carbons (Fsp3) is 0.196. The molecule has 0 aliphatic rings. The van der Waals surface area contributed by atoms with Gasteiger partial charge in [-0.2, -0.15) is 0 Å². The number of hydrogen-bond acceptors (Lipinski definition) is 3. The van der Waals surface area contributed by atoms with E-state index < -0.39 is 0 Å². The van der Waals surface area contributed by atoms with Crippen LogP contribution < -0.4 is 0 Å². The second kappa shape index (κ2) is 12.2. The van der Waals surface area contributed by atoms with Gasteiger partial charge in [-0.1, -0.05) is 127 Å². The normalized spacial score (nSPS) is 12.6. The first-order valence-corrected chi connectivity index (χ1v) is 19.5. The first-order chi connectivity index (χ1) is 26.5. The summed E-state index contributed by atoms with van der Waals surface area (Å²) in [6.07, 6.45) is 0. The Kier molecular flexibility index (Phi) is 7.41. The van der Waals surface area contributed by atoms with Gasteiger partial charge in [-0.3, -0.25) is 4.57 Å². The number of furan rings is 2. The van der Waals surface area contributed by atoms with Crippen LogP contribution in [0.2, 0.25) is 0 Å². The molecule has 3 heterocycles. The van der Waals surface area contributed by atoms with Gasteiger partial charge in [0.25, 0.3) is 0 Å². The summed E-state index contributed by atoms with van der Waals surface area (Å²) < 4.78 is 16.3. The third kappa shape index (κ3) is 5.22. The zero-order valence-corrected chi connectivity index (χ0v) is 32.5. The summed E-state index contributed by atoms with van der Waals surface area (Å²) in [6.45, 7) is 15.8. The first-order valence-electron chi connectivity index (χ1n) is 19.5. The Hall–Kier alpha value is -6.13. The van der Waals surface area contributed by atoms with Crippen LogP contribution in [0.3, 0.4) is 0 Å². The minimum atomic E-state index is -0.155. The molecule has 270 valence electrons. The van der Waals surface area contributed by atoms with Crippen molar-refractivity contribution in [2.45, 2.75) is 65.7 Å². The number of rotatable bonds is 5. The van der Waals surface area contributed by atoms with Crippen LogP contribution in [0.4, 0.5) is 0 Å². The summed E-state index contributed by atoms with van der Waals surface area (Å²) in [5.74, 6) is 2.25. The molecule has 10 aromatic rings. The van der Waals surface area contributed by atoms with Crippen LogP contribution >= 0.6 is 0 Å². The molecule has 0 unspecified atom stereocenters. The summed E-state index contributed by atoms with van der Waals surface area (Å²) in [5.41, 5.74) is 11.3. The molecule has 0 bridgehead atoms. The number of benzene rings is 7. The van der Waals surface area contributed by atoms with Crippen LogP contribution in [0.5, 0.6) is 0 Å². The van der Waals surface area contributed by atoms with Crippen molar-refractivity contribution < 1.29 is 8.83 Å². The van der Waals surface area contributed by atoms with E-state index in [0.29, 0.717) is 0 Å². The number of para-hydroxylation sites is 1. The number of hydrogen-bond donors (Lipinski definition) is 0. The molecule has 0 fully saturated rings. The lowest BCUT2D eigenvalue weighted by molar-refractivity contribution is 0.431. The highest BCUT2D eigenvalue weighted by atomic mass is 16.3. The van der Waals surface area contributed by atoms with Crippen LogP contribution in [0.25, 0.3) is 93.7 Å². The molecule has 0 spiro atoms. The van der Waals surface area contributed by atoms with Crippen molar-refractivity contribution in [3.63, 3.8) is 0 Å². The van der Waals surface area contributed by atoms with E-state index in [2.05, 4.69) is 180 Å². The van der Waals surface area contributed by atoms with E-state index in [9.17, 15) is 0 Å². The largest absolute Gasteiger partial charge is 0.458 e. The first kappa shape index (κ1) is 33.4. The fourth-order valence-electron chi connectivity index (χ4n) is 8.51. The van der Waals surface area contributed by atoms with Crippen LogP contribution in [0.1, 0.15) is 77.2 Å². The van der Waals surface area contributed by atoms with Gasteiger partial charge in [0.1, 0.15) is 28.3 Å². The third-order valence-corrected chi connectivity index (χ3v) is 11.4. The average Bonchev–Trinajstić information content (AvgIpc) is 3.90. The Bertz CT molecular complexity index is 3100. The zero-order chi connectivity index (χ0) is 37.7. The third-order valence-electron chi connectivity index (χ3n) is 11.4. The SMILES string of the molecule is CC(C)c1cc(-c2ccccc2)cc(C(C)C)c1-n1c(-c2cccc3c2oc2cc4c(ccc5ccccc54)cc23)nc2ccc3cc(C(C)(C)C)oc3c21. The van der Waals surface area contributed by atoms with Crippen LogP contribution in [-0.2, 0) is 5.41 Å². The van der Waals surface area contributed by atoms with Crippen molar-refractivity contribution in [1.82, 2.24) is 9.55 Å². The van der Waals surface area contributed by atoms with Crippen LogP contribution in [0.15, 0.2) is 136 Å². The van der Waals surface area contributed by atoms with E-state index in [1.807, 2.05) is 0 Å². The second-order valence-corrected chi connectivity index (χ2v) is 16.8. The molecule has 3 aromatic heterocycles. The fourth-order valence-corrected chi connectivity index (χ4v) is 8.51. The Morgan fingerprint density at radius 3 is 1.98 bits per heavy atom. The van der Waals surface area contributed by atoms with Gasteiger partial charge < -0.3 is 8.83 Å². The Morgan fingerprint density at radius 1 is 0.545 bits per heavy atom. The Balaban J connectivity index is 1.33. The summed E-state index contributed by atoms with van der Waals surface area (Å²) in [5, 5.41) is 8.08. The van der Waals surface area contributed by atoms with Crippen molar-refractivity contribution in [1.29, 1.82) is 0 Å². The summed E-state index contributed by atoms with van der Waals surface area (Å²) >= 11 is 0. The molecule has 0 aliphatic carbocycles. The van der Waals surface area contributed by atoms with E-state index >= 15 is 0 Å². The van der Waals surface area contributed by atoms with Crippen molar-refractivity contribution in [3.8, 4) is 28.2 Å². The van der Waals surface area contributed by atoms with Gasteiger partial charge >= 0.3 is 0 Å². The lowest BCUT2D eigenvalue weighted by atomic mass is 9.88. The smallest absolute Gasteiger partial charge is 0.160 e. The van der Waals surface area contributed by atoms with E-state index in [1.54, 1.807) is 0 Å². The van der Waals surface area contributed by atoms with Crippen molar-refractivity contribution >= 4 is 65.5 Å². The lowest BCUT2D eigenvalue weighted by Gasteiger charge is -2.24. The van der Waals surface area contributed by atoms with Crippen molar-refractivity contribution in [2.75, 3.05) is 0 Å². The highest BCUT2D eigenvalue weighted by molar-refractivity contribution is 6.17. The predicted octanol–water partition coefficient (Wildman–Crippen LogP) is 14.9. The quantitative estimate of drug-likeness (QED) is 0.167. The van der Waals surface area contributed by atoms with Gasteiger partial charge in [-0.25, -0.2) is 4.98 Å². The standard InChI is InChI=1S/C51H44N2O2/c1-29(2)39-25-35(31-14-9-8-10-15-31)26-40(30(3)4)46(39)53-47-43(23-22-34-27-45(51(5,6)7)55-48(34)47)52-50(53)38-19-13-18-37-42-24-33-21-20-32-16-11-12-17-36(32)41(33)28-44(42)54-49(37)38/h8-30H,1-7H3. The number of imidazole rings is 1. The summed E-state index contributed by atoms with van der Waals surface area (Å²) in [4.78, 5) is 5.52. The van der Waals surface area contributed by atoms with Crippen molar-refractivity contribution in [3.05, 3.63) is 144 Å². The van der Waals surface area contributed by atoms with E-state index in [1.165, 1.54) is 43.8 Å². The summed E-state index contributed by atoms with van der Waals surface area (Å²) in [6, 6.07) is 46.0. The van der Waals surface area contributed by atoms with Gasteiger partial charge in [0.05, 0.1) is 16.8 Å². The summed E-state index contributed by atoms with van der Waals surface area (Å²) in [7, 11) is 0. The number of fused-ring (bicyclic) bond motifs is 9. The molecule has 0 N–H and O–H groups in total. The lowest BCUT2D eigenvalue weighted by Crippen LogP contribution is -2.10. The molecule has 4 heteroatoms. The molecule has 0 aliphatic heterocycles. The maximum absolute atomic E-state index is 6.97. The Labute approximate surface area is 321 Å². The second-order valence-electron chi connectivity index (χ2n) is 16.8. The molecule has 0 amide bonds. The van der Waals surface area contributed by atoms with Gasteiger partial charge in [0, 0.05) is 21.6 Å². The molecule has 55 heavy (non-hydrogen) atoms. The molecule has 7 aromatic carbocycles. The zero-order valence-electron chi connectivity index (χ0n) is 32.5. The molecular formula is C51H44N2O2. The monoisotopic (exact) mass is 716 g/mol.